The Labute approximate surface area is 165 Å². The molecule has 1 fully saturated rings. The van der Waals surface area contributed by atoms with Crippen LogP contribution in [-0.4, -0.2) is 35.4 Å². The summed E-state index contributed by atoms with van der Waals surface area (Å²) in [6, 6.07) is 6.40. The first-order chi connectivity index (χ1) is 11.7. The maximum atomic E-state index is 13.7. The number of piperidine rings is 1. The Hall–Kier alpha value is -1.63. The lowest BCUT2D eigenvalue weighted by Gasteiger charge is -2.31. The number of carbonyl (C=O) groups excluding carboxylic acids is 1. The van der Waals surface area contributed by atoms with E-state index in [-0.39, 0.29) is 36.5 Å². The highest BCUT2D eigenvalue weighted by Gasteiger charge is 2.22. The summed E-state index contributed by atoms with van der Waals surface area (Å²) in [5.74, 6) is 1.14. The van der Waals surface area contributed by atoms with Crippen LogP contribution in [0.1, 0.15) is 25.2 Å². The van der Waals surface area contributed by atoms with E-state index in [1.165, 1.54) is 12.3 Å². The molecule has 1 aliphatic rings. The van der Waals surface area contributed by atoms with Crippen molar-refractivity contribution < 1.29 is 13.6 Å². The average molecular weight is 404 g/mol. The number of hydrogen-bond donors (Lipinski definition) is 1. The van der Waals surface area contributed by atoms with Crippen molar-refractivity contribution in [3.05, 3.63) is 42.2 Å². The first-order valence-corrected chi connectivity index (χ1v) is 8.35. The van der Waals surface area contributed by atoms with Crippen LogP contribution in [0.4, 0.5) is 4.39 Å². The van der Waals surface area contributed by atoms with Crippen LogP contribution in [0.2, 0.25) is 0 Å². The van der Waals surface area contributed by atoms with Crippen molar-refractivity contribution >= 4 is 30.7 Å². The fraction of sp³-hybridized carbons (Fsp3) is 0.444. The topological polar surface area (TPSA) is 72.4 Å². The van der Waals surface area contributed by atoms with Gasteiger partial charge in [-0.25, -0.2) is 9.37 Å². The van der Waals surface area contributed by atoms with Gasteiger partial charge in [0.2, 0.25) is 5.91 Å². The number of nitrogens with two attached hydrogens (primary N) is 1. The first kappa shape index (κ1) is 22.4. The van der Waals surface area contributed by atoms with E-state index in [0.29, 0.717) is 42.5 Å². The van der Waals surface area contributed by atoms with Crippen LogP contribution in [0.5, 0.6) is 0 Å². The highest BCUT2D eigenvalue weighted by atomic mass is 35.5. The largest absolute Gasteiger partial charge is 0.441 e. The number of rotatable bonds is 5. The van der Waals surface area contributed by atoms with Crippen LogP contribution in [-0.2, 0) is 11.2 Å². The molecule has 1 aromatic heterocycles. The molecule has 8 heteroatoms. The third kappa shape index (κ3) is 5.43. The summed E-state index contributed by atoms with van der Waals surface area (Å²) < 4.78 is 19.3. The van der Waals surface area contributed by atoms with E-state index < -0.39 is 0 Å². The number of carbonyl (C=O) groups is 1. The Morgan fingerprint density at radius 3 is 2.62 bits per heavy atom. The second kappa shape index (κ2) is 10.5. The summed E-state index contributed by atoms with van der Waals surface area (Å²) in [4.78, 5) is 18.3. The van der Waals surface area contributed by atoms with Crippen molar-refractivity contribution in [3.63, 3.8) is 0 Å². The molecule has 26 heavy (non-hydrogen) atoms. The maximum Gasteiger partial charge on any atom is 0.223 e. The van der Waals surface area contributed by atoms with Crippen LogP contribution < -0.4 is 5.73 Å². The van der Waals surface area contributed by atoms with Crippen molar-refractivity contribution in [1.29, 1.82) is 0 Å². The van der Waals surface area contributed by atoms with Crippen LogP contribution in [0.25, 0.3) is 11.3 Å². The van der Waals surface area contributed by atoms with Gasteiger partial charge >= 0.3 is 0 Å². The molecule has 0 spiro atoms. The van der Waals surface area contributed by atoms with Gasteiger partial charge in [-0.3, -0.25) is 4.79 Å². The van der Waals surface area contributed by atoms with E-state index >= 15 is 0 Å². The lowest BCUT2D eigenvalue weighted by Crippen LogP contribution is -2.40. The minimum atomic E-state index is -0.348. The molecule has 0 bridgehead atoms. The number of hydrogen-bond acceptors (Lipinski definition) is 4. The monoisotopic (exact) mass is 403 g/mol. The minimum Gasteiger partial charge on any atom is -0.441 e. The highest BCUT2D eigenvalue weighted by Crippen LogP contribution is 2.24. The van der Waals surface area contributed by atoms with E-state index in [1.807, 2.05) is 4.90 Å². The van der Waals surface area contributed by atoms with Gasteiger partial charge in [-0.05, 0) is 37.4 Å². The van der Waals surface area contributed by atoms with Gasteiger partial charge in [-0.2, -0.15) is 0 Å². The van der Waals surface area contributed by atoms with E-state index in [2.05, 4.69) is 4.98 Å². The molecule has 2 heterocycles. The molecule has 0 unspecified atom stereocenters. The summed E-state index contributed by atoms with van der Waals surface area (Å²) in [6.07, 6.45) is 4.22. The van der Waals surface area contributed by atoms with Crippen molar-refractivity contribution in [2.75, 3.05) is 19.6 Å². The fourth-order valence-electron chi connectivity index (χ4n) is 3.00. The summed E-state index contributed by atoms with van der Waals surface area (Å²) in [6.45, 7) is 2.23. The summed E-state index contributed by atoms with van der Waals surface area (Å²) in [5, 5.41) is 0. The maximum absolute atomic E-state index is 13.7. The number of amides is 1. The van der Waals surface area contributed by atoms with E-state index in [1.54, 1.807) is 18.2 Å². The van der Waals surface area contributed by atoms with Crippen LogP contribution >= 0.6 is 24.8 Å². The van der Waals surface area contributed by atoms with E-state index in [4.69, 9.17) is 10.2 Å². The number of oxazole rings is 1. The van der Waals surface area contributed by atoms with Gasteiger partial charge in [-0.15, -0.1) is 24.8 Å². The molecular weight excluding hydrogens is 380 g/mol. The third-order valence-electron chi connectivity index (χ3n) is 4.55. The molecule has 3 rings (SSSR count). The standard InChI is InChI=1S/C18H22FN3O2.2ClH/c19-15-4-2-1-3-14(15)16-12-21-17(24-16)5-6-18(23)22-9-7-13(11-20)8-10-22;;/h1-4,12-13H,5-11,20H2;2*1H. The molecule has 0 radical (unpaired) electrons. The molecule has 1 saturated heterocycles. The summed E-state index contributed by atoms with van der Waals surface area (Å²) >= 11 is 0. The van der Waals surface area contributed by atoms with Crippen molar-refractivity contribution in [2.45, 2.75) is 25.7 Å². The number of likely N-dealkylation sites (tertiary alicyclic amines) is 1. The summed E-state index contributed by atoms with van der Waals surface area (Å²) in [5.41, 5.74) is 6.05. The molecule has 0 saturated carbocycles. The molecule has 1 amide bonds. The molecule has 1 aromatic carbocycles. The summed E-state index contributed by atoms with van der Waals surface area (Å²) in [7, 11) is 0. The fourth-order valence-corrected chi connectivity index (χ4v) is 3.00. The van der Waals surface area contributed by atoms with Crippen LogP contribution in [0, 0.1) is 11.7 Å². The molecule has 5 nitrogen and oxygen atoms in total. The molecular formula is C18H24Cl2FN3O2. The zero-order valence-electron chi connectivity index (χ0n) is 14.4. The molecule has 0 aliphatic carbocycles. The lowest BCUT2D eigenvalue weighted by molar-refractivity contribution is -0.132. The van der Waals surface area contributed by atoms with Gasteiger partial charge < -0.3 is 15.1 Å². The first-order valence-electron chi connectivity index (χ1n) is 8.35. The van der Waals surface area contributed by atoms with E-state index in [9.17, 15) is 9.18 Å². The number of aryl methyl sites for hydroxylation is 1. The van der Waals surface area contributed by atoms with Gasteiger partial charge in [0, 0.05) is 25.9 Å². The second-order valence-corrected chi connectivity index (χ2v) is 6.16. The van der Waals surface area contributed by atoms with Gasteiger partial charge in [-0.1, -0.05) is 12.1 Å². The van der Waals surface area contributed by atoms with Gasteiger partial charge in [0.1, 0.15) is 5.82 Å². The Morgan fingerprint density at radius 2 is 1.96 bits per heavy atom. The molecule has 2 aromatic rings. The van der Waals surface area contributed by atoms with Gasteiger partial charge in [0.05, 0.1) is 11.8 Å². The van der Waals surface area contributed by atoms with Gasteiger partial charge in [0.15, 0.2) is 11.7 Å². The number of halogens is 3. The molecule has 1 aliphatic heterocycles. The highest BCUT2D eigenvalue weighted by molar-refractivity contribution is 5.85. The third-order valence-corrected chi connectivity index (χ3v) is 4.55. The molecule has 2 N–H and O–H groups in total. The zero-order valence-corrected chi connectivity index (χ0v) is 16.0. The number of aromatic nitrogens is 1. The Balaban J connectivity index is 0.00000169. The second-order valence-electron chi connectivity index (χ2n) is 6.16. The van der Waals surface area contributed by atoms with Crippen molar-refractivity contribution in [2.24, 2.45) is 11.7 Å². The van der Waals surface area contributed by atoms with Crippen LogP contribution in [0.3, 0.4) is 0 Å². The minimum absolute atomic E-state index is 0. The number of nitrogens with zero attached hydrogens (tertiary/aromatic N) is 2. The van der Waals surface area contributed by atoms with Crippen LogP contribution in [0.15, 0.2) is 34.9 Å². The lowest BCUT2D eigenvalue weighted by atomic mass is 9.97. The Morgan fingerprint density at radius 1 is 1.27 bits per heavy atom. The van der Waals surface area contributed by atoms with Crippen molar-refractivity contribution in [1.82, 2.24) is 9.88 Å². The Kier molecular flexibility index (Phi) is 9.05. The Bertz CT molecular complexity index is 703. The van der Waals surface area contributed by atoms with E-state index in [0.717, 1.165) is 25.9 Å². The predicted octanol–water partition coefficient (Wildman–Crippen LogP) is 3.45. The quantitative estimate of drug-likeness (QED) is 0.829. The van der Waals surface area contributed by atoms with Crippen molar-refractivity contribution in [3.8, 4) is 11.3 Å². The zero-order chi connectivity index (χ0) is 16.9. The normalized spacial score (nSPS) is 14.5. The number of benzene rings is 1. The SMILES string of the molecule is Cl.Cl.NCC1CCN(C(=O)CCc2ncc(-c3ccccc3F)o2)CC1. The van der Waals surface area contributed by atoms with Gasteiger partial charge in [0.25, 0.3) is 0 Å². The molecule has 0 atom stereocenters. The smallest absolute Gasteiger partial charge is 0.223 e. The predicted molar refractivity (Wildman–Crippen MR) is 103 cm³/mol. The molecule has 144 valence electrons. The average Bonchev–Trinajstić information content (AvgIpc) is 3.09.